The standard InChI is InChI=1S/C26H28ClN5O3/c1-3-32-24-18(15-28-26(31-24)30-19(9-11-33)10-12-34)13-21(25(32)35)20-8-7-17(14-22(20)27)23-6-4-5-16(2)29-23/h4-8,13-15,19,33-34H,3,9-12H2,1-2H3,(H,28,30,31). The van der Waals surface area contributed by atoms with Crippen LogP contribution in [0.25, 0.3) is 33.4 Å². The van der Waals surface area contributed by atoms with Crippen molar-refractivity contribution in [2.45, 2.75) is 39.3 Å². The molecule has 35 heavy (non-hydrogen) atoms. The molecule has 0 saturated heterocycles. The summed E-state index contributed by atoms with van der Waals surface area (Å²) >= 11 is 6.66. The van der Waals surface area contributed by atoms with Crippen LogP contribution in [0.2, 0.25) is 5.02 Å². The van der Waals surface area contributed by atoms with Crippen molar-refractivity contribution in [3.05, 3.63) is 69.7 Å². The van der Waals surface area contributed by atoms with E-state index in [1.54, 1.807) is 16.8 Å². The molecule has 0 unspecified atom stereocenters. The van der Waals surface area contributed by atoms with Crippen molar-refractivity contribution >= 4 is 28.6 Å². The minimum Gasteiger partial charge on any atom is -0.396 e. The van der Waals surface area contributed by atoms with Gasteiger partial charge in [-0.15, -0.1) is 0 Å². The third kappa shape index (κ3) is 5.35. The average molecular weight is 494 g/mol. The van der Waals surface area contributed by atoms with Crippen LogP contribution in [0.15, 0.2) is 53.5 Å². The summed E-state index contributed by atoms with van der Waals surface area (Å²) in [4.78, 5) is 27.0. The van der Waals surface area contributed by atoms with Gasteiger partial charge in [0.1, 0.15) is 5.65 Å². The van der Waals surface area contributed by atoms with Crippen LogP contribution >= 0.6 is 11.6 Å². The lowest BCUT2D eigenvalue weighted by molar-refractivity contribution is 0.247. The maximum absolute atomic E-state index is 13.4. The minimum absolute atomic E-state index is 0.0201. The second-order valence-electron chi connectivity index (χ2n) is 8.30. The summed E-state index contributed by atoms with van der Waals surface area (Å²) in [5.74, 6) is 0.340. The Morgan fingerprint density at radius 3 is 2.49 bits per heavy atom. The largest absolute Gasteiger partial charge is 0.396 e. The number of nitrogens with one attached hydrogen (secondary N) is 1. The molecule has 3 heterocycles. The van der Waals surface area contributed by atoms with Gasteiger partial charge in [0.05, 0.1) is 5.69 Å². The van der Waals surface area contributed by atoms with Crippen LogP contribution in [0.1, 0.15) is 25.5 Å². The van der Waals surface area contributed by atoms with Gasteiger partial charge in [-0.05, 0) is 51.0 Å². The molecule has 1 aromatic carbocycles. The van der Waals surface area contributed by atoms with E-state index >= 15 is 0 Å². The summed E-state index contributed by atoms with van der Waals surface area (Å²) < 4.78 is 1.59. The van der Waals surface area contributed by atoms with Crippen molar-refractivity contribution in [2.75, 3.05) is 18.5 Å². The Labute approximate surface area is 208 Å². The number of pyridine rings is 2. The van der Waals surface area contributed by atoms with Crippen LogP contribution in [-0.2, 0) is 6.54 Å². The monoisotopic (exact) mass is 493 g/mol. The maximum Gasteiger partial charge on any atom is 0.260 e. The molecule has 0 spiro atoms. The molecule has 0 fully saturated rings. The first-order valence-corrected chi connectivity index (χ1v) is 12.0. The molecular weight excluding hydrogens is 466 g/mol. The fraction of sp³-hybridized carbons (Fsp3) is 0.308. The third-order valence-electron chi connectivity index (χ3n) is 5.87. The van der Waals surface area contributed by atoms with Crippen molar-refractivity contribution in [1.82, 2.24) is 19.5 Å². The Kier molecular flexibility index (Phi) is 7.75. The molecule has 4 aromatic rings. The Balaban J connectivity index is 1.75. The van der Waals surface area contributed by atoms with Crippen molar-refractivity contribution in [2.24, 2.45) is 0 Å². The molecule has 0 radical (unpaired) electrons. The number of anilines is 1. The van der Waals surface area contributed by atoms with Crippen LogP contribution in [0.5, 0.6) is 0 Å². The highest BCUT2D eigenvalue weighted by Gasteiger charge is 2.17. The molecule has 0 bridgehead atoms. The summed E-state index contributed by atoms with van der Waals surface area (Å²) in [6.45, 7) is 4.19. The average Bonchev–Trinajstić information content (AvgIpc) is 2.84. The molecule has 3 aromatic heterocycles. The zero-order valence-electron chi connectivity index (χ0n) is 19.7. The number of benzene rings is 1. The number of aliphatic hydroxyl groups is 2. The molecule has 9 heteroatoms. The van der Waals surface area contributed by atoms with Crippen LogP contribution in [0.4, 0.5) is 5.95 Å². The van der Waals surface area contributed by atoms with Crippen LogP contribution < -0.4 is 10.9 Å². The number of hydrogen-bond acceptors (Lipinski definition) is 7. The van der Waals surface area contributed by atoms with E-state index in [0.717, 1.165) is 17.0 Å². The molecule has 8 nitrogen and oxygen atoms in total. The van der Waals surface area contributed by atoms with E-state index in [1.807, 2.05) is 50.2 Å². The molecule has 0 aliphatic rings. The summed E-state index contributed by atoms with van der Waals surface area (Å²) in [5.41, 5.74) is 4.00. The highest BCUT2D eigenvalue weighted by atomic mass is 35.5. The lowest BCUT2D eigenvalue weighted by atomic mass is 10.0. The SMILES string of the molecule is CCn1c(=O)c(-c2ccc(-c3cccc(C)n3)cc2Cl)cc2cnc(NC(CCO)CCO)nc21. The van der Waals surface area contributed by atoms with E-state index in [-0.39, 0.29) is 24.8 Å². The topological polar surface area (TPSA) is 113 Å². The fourth-order valence-corrected chi connectivity index (χ4v) is 4.38. The van der Waals surface area contributed by atoms with Gasteiger partial charge < -0.3 is 15.5 Å². The van der Waals surface area contributed by atoms with E-state index in [4.69, 9.17) is 11.6 Å². The van der Waals surface area contributed by atoms with E-state index in [9.17, 15) is 15.0 Å². The fourth-order valence-electron chi connectivity index (χ4n) is 4.09. The summed E-state index contributed by atoms with van der Waals surface area (Å²) in [5, 5.41) is 22.8. The van der Waals surface area contributed by atoms with Gasteiger partial charge in [0.25, 0.3) is 5.56 Å². The van der Waals surface area contributed by atoms with Gasteiger partial charge in [-0.2, -0.15) is 4.98 Å². The highest BCUT2D eigenvalue weighted by Crippen LogP contribution is 2.31. The lowest BCUT2D eigenvalue weighted by Crippen LogP contribution is -2.25. The summed E-state index contributed by atoms with van der Waals surface area (Å²) in [7, 11) is 0. The van der Waals surface area contributed by atoms with Gasteiger partial charge >= 0.3 is 0 Å². The Morgan fingerprint density at radius 2 is 1.83 bits per heavy atom. The first-order chi connectivity index (χ1) is 16.9. The number of hydrogen-bond donors (Lipinski definition) is 3. The molecule has 3 N–H and O–H groups in total. The van der Waals surface area contributed by atoms with Crippen molar-refractivity contribution in [3.8, 4) is 22.4 Å². The Hall–Kier alpha value is -3.33. The molecule has 0 aliphatic heterocycles. The molecule has 0 amide bonds. The molecular formula is C26H28ClN5O3. The number of aromatic nitrogens is 4. The Bertz CT molecular complexity index is 1400. The van der Waals surface area contributed by atoms with Crippen molar-refractivity contribution in [3.63, 3.8) is 0 Å². The number of aliphatic hydroxyl groups excluding tert-OH is 2. The van der Waals surface area contributed by atoms with Gasteiger partial charge in [-0.25, -0.2) is 4.98 Å². The Morgan fingerprint density at radius 1 is 1.06 bits per heavy atom. The minimum atomic E-state index is -0.199. The van der Waals surface area contributed by atoms with Gasteiger partial charge in [-0.1, -0.05) is 29.8 Å². The zero-order chi connectivity index (χ0) is 24.9. The molecule has 0 saturated carbocycles. The van der Waals surface area contributed by atoms with Gasteiger partial charge in [-0.3, -0.25) is 14.3 Å². The van der Waals surface area contributed by atoms with Gasteiger partial charge in [0.15, 0.2) is 0 Å². The van der Waals surface area contributed by atoms with Crippen LogP contribution in [0.3, 0.4) is 0 Å². The van der Waals surface area contributed by atoms with Crippen LogP contribution in [0, 0.1) is 6.92 Å². The van der Waals surface area contributed by atoms with E-state index < -0.39 is 0 Å². The number of halogens is 1. The number of rotatable bonds is 9. The van der Waals surface area contributed by atoms with E-state index in [1.165, 1.54) is 0 Å². The van der Waals surface area contributed by atoms with Crippen molar-refractivity contribution in [1.29, 1.82) is 0 Å². The smallest absolute Gasteiger partial charge is 0.260 e. The molecule has 0 aliphatic carbocycles. The summed E-state index contributed by atoms with van der Waals surface area (Å²) in [6, 6.07) is 13.0. The molecule has 182 valence electrons. The quantitative estimate of drug-likeness (QED) is 0.322. The van der Waals surface area contributed by atoms with Crippen LogP contribution in [-0.4, -0.2) is 49.0 Å². The second kappa shape index (κ2) is 10.9. The summed E-state index contributed by atoms with van der Waals surface area (Å²) in [6.07, 6.45) is 2.57. The molecule has 0 atom stereocenters. The second-order valence-corrected chi connectivity index (χ2v) is 8.71. The predicted octanol–water partition coefficient (Wildman–Crippen LogP) is 4.05. The lowest BCUT2D eigenvalue weighted by Gasteiger charge is -2.17. The maximum atomic E-state index is 13.4. The van der Waals surface area contributed by atoms with E-state index in [2.05, 4.69) is 20.3 Å². The number of fused-ring (bicyclic) bond motifs is 1. The normalized spacial score (nSPS) is 11.4. The van der Waals surface area contributed by atoms with Gasteiger partial charge in [0, 0.05) is 64.8 Å². The zero-order valence-corrected chi connectivity index (χ0v) is 20.5. The first kappa shape index (κ1) is 24.8. The molecule has 4 rings (SSSR count). The first-order valence-electron chi connectivity index (χ1n) is 11.6. The van der Waals surface area contributed by atoms with Gasteiger partial charge in [0.2, 0.25) is 5.95 Å². The number of nitrogens with zero attached hydrogens (tertiary/aromatic N) is 4. The highest BCUT2D eigenvalue weighted by molar-refractivity contribution is 6.33. The predicted molar refractivity (Wildman–Crippen MR) is 139 cm³/mol. The number of aryl methyl sites for hydroxylation is 2. The van der Waals surface area contributed by atoms with Crippen molar-refractivity contribution < 1.29 is 10.2 Å². The van der Waals surface area contributed by atoms with E-state index in [0.29, 0.717) is 52.5 Å². The third-order valence-corrected chi connectivity index (χ3v) is 6.19.